The fraction of sp³-hybridized carbons (Fsp3) is 0.667. The van der Waals surface area contributed by atoms with E-state index in [1.807, 2.05) is 13.8 Å². The molecule has 3 heteroatoms. The van der Waals surface area contributed by atoms with Gasteiger partial charge >= 0.3 is 0 Å². The second kappa shape index (κ2) is 7.81. The Bertz CT molecular complexity index is 416. The summed E-state index contributed by atoms with van der Waals surface area (Å²) in [6, 6.07) is 9.37. The van der Waals surface area contributed by atoms with Gasteiger partial charge in [-0.05, 0) is 63.8 Å². The van der Waals surface area contributed by atoms with Crippen molar-refractivity contribution in [3.05, 3.63) is 29.8 Å². The minimum Gasteiger partial charge on any atom is -0.491 e. The summed E-state index contributed by atoms with van der Waals surface area (Å²) in [4.78, 5) is 0. The quantitative estimate of drug-likeness (QED) is 0.841. The topological polar surface area (TPSA) is 47.3 Å². The van der Waals surface area contributed by atoms with Crippen LogP contribution in [-0.2, 0) is 0 Å². The highest BCUT2D eigenvalue weighted by atomic mass is 16.5. The van der Waals surface area contributed by atoms with Gasteiger partial charge in [-0.1, -0.05) is 25.0 Å². The summed E-state index contributed by atoms with van der Waals surface area (Å²) in [6.07, 6.45) is 5.39. The van der Waals surface area contributed by atoms with Gasteiger partial charge in [0.1, 0.15) is 5.75 Å². The fourth-order valence-electron chi connectivity index (χ4n) is 3.23. The van der Waals surface area contributed by atoms with Gasteiger partial charge in [0.2, 0.25) is 0 Å². The molecular formula is C18H30N2O. The van der Waals surface area contributed by atoms with E-state index in [9.17, 15) is 0 Å². The Morgan fingerprint density at radius 2 is 1.81 bits per heavy atom. The van der Waals surface area contributed by atoms with Crippen LogP contribution in [0.1, 0.15) is 58.1 Å². The van der Waals surface area contributed by atoms with Crippen molar-refractivity contribution in [1.29, 1.82) is 0 Å². The first kappa shape index (κ1) is 16.3. The van der Waals surface area contributed by atoms with Crippen molar-refractivity contribution in [2.24, 2.45) is 11.7 Å². The molecule has 0 aliphatic heterocycles. The molecule has 1 aromatic rings. The Morgan fingerprint density at radius 3 is 2.43 bits per heavy atom. The third-order valence-corrected chi connectivity index (χ3v) is 4.43. The molecule has 3 N–H and O–H groups in total. The van der Waals surface area contributed by atoms with E-state index in [4.69, 9.17) is 10.5 Å². The molecule has 3 atom stereocenters. The molecule has 0 heterocycles. The molecule has 3 unspecified atom stereocenters. The van der Waals surface area contributed by atoms with Gasteiger partial charge in [-0.3, -0.25) is 0 Å². The first-order chi connectivity index (χ1) is 10.1. The first-order valence-corrected chi connectivity index (χ1v) is 8.33. The van der Waals surface area contributed by atoms with Crippen LogP contribution in [0.4, 0.5) is 0 Å². The van der Waals surface area contributed by atoms with Gasteiger partial charge < -0.3 is 15.8 Å². The Kier molecular flexibility index (Phi) is 6.07. The Morgan fingerprint density at radius 1 is 1.14 bits per heavy atom. The average Bonchev–Trinajstić information content (AvgIpc) is 2.48. The zero-order chi connectivity index (χ0) is 15.2. The highest BCUT2D eigenvalue weighted by Crippen LogP contribution is 2.26. The normalized spacial score (nSPS) is 24.0. The van der Waals surface area contributed by atoms with Crippen LogP contribution < -0.4 is 15.8 Å². The van der Waals surface area contributed by atoms with Crippen LogP contribution in [-0.4, -0.2) is 18.7 Å². The van der Waals surface area contributed by atoms with Crippen molar-refractivity contribution in [1.82, 2.24) is 5.32 Å². The van der Waals surface area contributed by atoms with Gasteiger partial charge in [0, 0.05) is 12.1 Å². The van der Waals surface area contributed by atoms with Crippen LogP contribution in [0.15, 0.2) is 24.3 Å². The molecule has 1 aromatic carbocycles. The standard InChI is InChI=1S/C18H30N2O/c1-13(2)21-17-10-8-15(9-11-17)14(3)20-18-7-5-4-6-16(18)12-19/h8-11,13-14,16,18,20H,4-7,12,19H2,1-3H3. The largest absolute Gasteiger partial charge is 0.491 e. The van der Waals surface area contributed by atoms with E-state index < -0.39 is 0 Å². The van der Waals surface area contributed by atoms with E-state index in [1.54, 1.807) is 0 Å². The number of rotatable bonds is 6. The molecule has 3 nitrogen and oxygen atoms in total. The molecule has 1 aliphatic rings. The van der Waals surface area contributed by atoms with Gasteiger partial charge in [0.15, 0.2) is 0 Å². The molecule has 0 bridgehead atoms. The highest BCUT2D eigenvalue weighted by Gasteiger charge is 2.25. The van der Waals surface area contributed by atoms with E-state index in [1.165, 1.54) is 31.2 Å². The van der Waals surface area contributed by atoms with Gasteiger partial charge in [-0.2, -0.15) is 0 Å². The lowest BCUT2D eigenvalue weighted by molar-refractivity contribution is 0.242. The lowest BCUT2D eigenvalue weighted by Gasteiger charge is -2.34. The maximum atomic E-state index is 5.92. The summed E-state index contributed by atoms with van der Waals surface area (Å²) in [5, 5.41) is 3.78. The van der Waals surface area contributed by atoms with Crippen LogP contribution >= 0.6 is 0 Å². The summed E-state index contributed by atoms with van der Waals surface area (Å²) >= 11 is 0. The Hall–Kier alpha value is -1.06. The van der Waals surface area contributed by atoms with Crippen molar-refractivity contribution in [3.63, 3.8) is 0 Å². The smallest absolute Gasteiger partial charge is 0.119 e. The van der Waals surface area contributed by atoms with Gasteiger partial charge in [0.25, 0.3) is 0 Å². The second-order valence-corrected chi connectivity index (χ2v) is 6.51. The summed E-state index contributed by atoms with van der Waals surface area (Å²) < 4.78 is 5.70. The van der Waals surface area contributed by atoms with Crippen molar-refractivity contribution in [2.45, 2.75) is 64.6 Å². The Labute approximate surface area is 129 Å². The number of ether oxygens (including phenoxy) is 1. The average molecular weight is 290 g/mol. The van der Waals surface area contributed by atoms with Crippen LogP contribution in [0.3, 0.4) is 0 Å². The molecule has 2 rings (SSSR count). The number of hydrogen-bond donors (Lipinski definition) is 2. The summed E-state index contributed by atoms with van der Waals surface area (Å²) in [5.74, 6) is 1.57. The highest BCUT2D eigenvalue weighted by molar-refractivity contribution is 5.29. The zero-order valence-corrected chi connectivity index (χ0v) is 13.6. The van der Waals surface area contributed by atoms with Gasteiger partial charge in [0.05, 0.1) is 6.10 Å². The zero-order valence-electron chi connectivity index (χ0n) is 13.6. The minimum atomic E-state index is 0.221. The molecule has 0 radical (unpaired) electrons. The maximum absolute atomic E-state index is 5.92. The SMILES string of the molecule is CC(C)Oc1ccc(C(C)NC2CCCCC2CN)cc1. The van der Waals surface area contributed by atoms with Crippen LogP contribution in [0.25, 0.3) is 0 Å². The summed E-state index contributed by atoms with van der Waals surface area (Å²) in [6.45, 7) is 7.13. The lowest BCUT2D eigenvalue weighted by atomic mass is 9.84. The number of benzene rings is 1. The van der Waals surface area contributed by atoms with Crippen molar-refractivity contribution >= 4 is 0 Å². The summed E-state index contributed by atoms with van der Waals surface area (Å²) in [5.41, 5.74) is 7.23. The molecule has 1 saturated carbocycles. The molecule has 0 aromatic heterocycles. The molecule has 21 heavy (non-hydrogen) atoms. The van der Waals surface area contributed by atoms with E-state index in [-0.39, 0.29) is 6.10 Å². The third kappa shape index (κ3) is 4.72. The van der Waals surface area contributed by atoms with E-state index in [0.717, 1.165) is 12.3 Å². The van der Waals surface area contributed by atoms with Gasteiger partial charge in [-0.25, -0.2) is 0 Å². The number of nitrogens with one attached hydrogen (secondary N) is 1. The van der Waals surface area contributed by atoms with Crippen LogP contribution in [0, 0.1) is 5.92 Å². The van der Waals surface area contributed by atoms with Crippen molar-refractivity contribution < 1.29 is 4.74 Å². The Balaban J connectivity index is 1.94. The molecule has 118 valence electrons. The molecule has 1 aliphatic carbocycles. The van der Waals surface area contributed by atoms with E-state index in [2.05, 4.69) is 36.5 Å². The molecular weight excluding hydrogens is 260 g/mol. The van der Waals surface area contributed by atoms with Crippen LogP contribution in [0.2, 0.25) is 0 Å². The van der Waals surface area contributed by atoms with Crippen molar-refractivity contribution in [2.75, 3.05) is 6.54 Å². The number of hydrogen-bond acceptors (Lipinski definition) is 3. The minimum absolute atomic E-state index is 0.221. The monoisotopic (exact) mass is 290 g/mol. The van der Waals surface area contributed by atoms with E-state index >= 15 is 0 Å². The van der Waals surface area contributed by atoms with Crippen molar-refractivity contribution in [3.8, 4) is 5.75 Å². The molecule has 0 spiro atoms. The van der Waals surface area contributed by atoms with Gasteiger partial charge in [-0.15, -0.1) is 0 Å². The third-order valence-electron chi connectivity index (χ3n) is 4.43. The summed E-state index contributed by atoms with van der Waals surface area (Å²) in [7, 11) is 0. The maximum Gasteiger partial charge on any atom is 0.119 e. The lowest BCUT2D eigenvalue weighted by Crippen LogP contribution is -2.42. The van der Waals surface area contributed by atoms with Crippen LogP contribution in [0.5, 0.6) is 5.75 Å². The van der Waals surface area contributed by atoms with E-state index in [0.29, 0.717) is 18.0 Å². The number of nitrogens with two attached hydrogens (primary N) is 1. The fourth-order valence-corrected chi connectivity index (χ4v) is 3.23. The second-order valence-electron chi connectivity index (χ2n) is 6.51. The molecule has 1 fully saturated rings. The predicted octanol–water partition coefficient (Wildman–Crippen LogP) is 3.64. The molecule has 0 saturated heterocycles. The molecule has 0 amide bonds. The first-order valence-electron chi connectivity index (χ1n) is 8.33. The predicted molar refractivity (Wildman–Crippen MR) is 88.6 cm³/mol.